The van der Waals surface area contributed by atoms with E-state index in [0.29, 0.717) is 11.5 Å². The van der Waals surface area contributed by atoms with Crippen LogP contribution in [0.25, 0.3) is 0 Å². The number of aryl methyl sites for hydroxylation is 1. The summed E-state index contributed by atoms with van der Waals surface area (Å²) in [7, 11) is 1.68. The van der Waals surface area contributed by atoms with Crippen LogP contribution in [0.3, 0.4) is 0 Å². The van der Waals surface area contributed by atoms with E-state index in [1.165, 1.54) is 5.56 Å². The molecule has 0 saturated carbocycles. The maximum atomic E-state index is 12.5. The number of benzene rings is 1. The lowest BCUT2D eigenvalue weighted by molar-refractivity contribution is 0.0786. The first-order valence-electron chi connectivity index (χ1n) is 8.00. The fourth-order valence-corrected chi connectivity index (χ4v) is 3.06. The highest BCUT2D eigenvalue weighted by Gasteiger charge is 2.27. The summed E-state index contributed by atoms with van der Waals surface area (Å²) in [6.07, 6.45) is 3.73. The van der Waals surface area contributed by atoms with Crippen LogP contribution >= 0.6 is 0 Å². The molecule has 3 rings (SSSR count). The number of carbonyl (C=O) groups is 1. The van der Waals surface area contributed by atoms with Crippen LogP contribution in [0.4, 0.5) is 0 Å². The number of pyridine rings is 1. The van der Waals surface area contributed by atoms with E-state index in [-0.39, 0.29) is 5.91 Å². The lowest BCUT2D eigenvalue weighted by atomic mass is 9.99. The average molecular weight is 310 g/mol. The van der Waals surface area contributed by atoms with Crippen molar-refractivity contribution >= 4 is 5.91 Å². The van der Waals surface area contributed by atoms with Gasteiger partial charge in [0.05, 0.1) is 12.7 Å². The third-order valence-corrected chi connectivity index (χ3v) is 4.41. The number of amides is 1. The molecule has 0 spiro atoms. The highest BCUT2D eigenvalue weighted by atomic mass is 16.5. The van der Waals surface area contributed by atoms with Crippen molar-refractivity contribution in [2.75, 3.05) is 20.2 Å². The van der Waals surface area contributed by atoms with Crippen molar-refractivity contribution in [3.63, 3.8) is 0 Å². The molecule has 4 nitrogen and oxygen atoms in total. The molecule has 2 aromatic rings. The number of hydrogen-bond acceptors (Lipinski definition) is 3. The summed E-state index contributed by atoms with van der Waals surface area (Å²) in [5, 5.41) is 0. The molecule has 0 bridgehead atoms. The molecule has 1 amide bonds. The summed E-state index contributed by atoms with van der Waals surface area (Å²) in [6.45, 7) is 3.57. The Labute approximate surface area is 137 Å². The molecule has 1 aliphatic rings. The van der Waals surface area contributed by atoms with Crippen LogP contribution < -0.4 is 4.74 Å². The summed E-state index contributed by atoms with van der Waals surface area (Å²) in [6, 6.07) is 11.9. The Bertz CT molecular complexity index is 665. The number of nitrogens with zero attached hydrogens (tertiary/aromatic N) is 2. The minimum absolute atomic E-state index is 0.0923. The van der Waals surface area contributed by atoms with Crippen molar-refractivity contribution in [1.82, 2.24) is 9.88 Å². The lowest BCUT2D eigenvalue weighted by Crippen LogP contribution is -2.29. The van der Waals surface area contributed by atoms with Gasteiger partial charge in [0, 0.05) is 25.0 Å². The molecule has 4 heteroatoms. The predicted octanol–water partition coefficient (Wildman–Crippen LogP) is 3.10. The van der Waals surface area contributed by atoms with Gasteiger partial charge in [-0.25, -0.2) is 0 Å². The molecule has 1 aliphatic heterocycles. The second kappa shape index (κ2) is 6.82. The maximum absolute atomic E-state index is 12.5. The van der Waals surface area contributed by atoms with Gasteiger partial charge in [0.1, 0.15) is 5.75 Å². The van der Waals surface area contributed by atoms with Crippen LogP contribution in [0, 0.1) is 12.8 Å². The van der Waals surface area contributed by atoms with Gasteiger partial charge in [-0.1, -0.05) is 12.1 Å². The van der Waals surface area contributed by atoms with Crippen molar-refractivity contribution in [2.24, 2.45) is 5.92 Å². The van der Waals surface area contributed by atoms with Gasteiger partial charge < -0.3 is 9.64 Å². The summed E-state index contributed by atoms with van der Waals surface area (Å²) in [5.41, 5.74) is 2.91. The van der Waals surface area contributed by atoms with E-state index < -0.39 is 0 Å². The van der Waals surface area contributed by atoms with Crippen LogP contribution in [-0.2, 0) is 6.42 Å². The third kappa shape index (κ3) is 3.70. The minimum Gasteiger partial charge on any atom is -0.497 e. The summed E-state index contributed by atoms with van der Waals surface area (Å²) in [5.74, 6) is 1.49. The van der Waals surface area contributed by atoms with Gasteiger partial charge in [0.25, 0.3) is 5.91 Å². The number of likely N-dealkylation sites (tertiary alicyclic amines) is 1. The van der Waals surface area contributed by atoms with E-state index in [9.17, 15) is 4.79 Å². The summed E-state index contributed by atoms with van der Waals surface area (Å²) in [4.78, 5) is 18.7. The van der Waals surface area contributed by atoms with Crippen molar-refractivity contribution in [3.05, 3.63) is 59.4 Å². The number of rotatable bonds is 4. The zero-order valence-corrected chi connectivity index (χ0v) is 13.7. The molecule has 1 fully saturated rings. The van der Waals surface area contributed by atoms with Crippen molar-refractivity contribution in [1.29, 1.82) is 0 Å². The van der Waals surface area contributed by atoms with E-state index in [1.54, 1.807) is 13.3 Å². The van der Waals surface area contributed by atoms with Gasteiger partial charge in [-0.3, -0.25) is 9.78 Å². The topological polar surface area (TPSA) is 42.4 Å². The highest BCUT2D eigenvalue weighted by Crippen LogP contribution is 2.23. The Morgan fingerprint density at radius 2 is 2.04 bits per heavy atom. The van der Waals surface area contributed by atoms with Crippen LogP contribution in [0.1, 0.15) is 28.0 Å². The highest BCUT2D eigenvalue weighted by molar-refractivity contribution is 5.94. The average Bonchev–Trinajstić information content (AvgIpc) is 3.04. The van der Waals surface area contributed by atoms with Gasteiger partial charge >= 0.3 is 0 Å². The normalized spacial score (nSPS) is 17.3. The van der Waals surface area contributed by atoms with Gasteiger partial charge in [0.15, 0.2) is 0 Å². The molecular formula is C19H22N2O2. The first-order chi connectivity index (χ1) is 11.2. The third-order valence-electron chi connectivity index (χ3n) is 4.41. The smallest absolute Gasteiger partial charge is 0.255 e. The van der Waals surface area contributed by atoms with E-state index in [0.717, 1.165) is 37.4 Å². The van der Waals surface area contributed by atoms with Gasteiger partial charge in [0.2, 0.25) is 0 Å². The first-order valence-corrected chi connectivity index (χ1v) is 8.00. The zero-order valence-electron chi connectivity index (χ0n) is 13.7. The van der Waals surface area contributed by atoms with Crippen molar-refractivity contribution in [2.45, 2.75) is 19.8 Å². The standard InChI is InChI=1S/C19H22N2O2/c1-14-3-6-17(12-20-14)19(22)21-10-9-16(13-21)11-15-4-7-18(23-2)8-5-15/h3-8,12,16H,9-11,13H2,1-2H3. The molecule has 0 radical (unpaired) electrons. The van der Waals surface area contributed by atoms with Crippen molar-refractivity contribution < 1.29 is 9.53 Å². The summed E-state index contributed by atoms with van der Waals surface area (Å²) >= 11 is 0. The van der Waals surface area contributed by atoms with Crippen LogP contribution in [-0.4, -0.2) is 36.0 Å². The largest absolute Gasteiger partial charge is 0.497 e. The zero-order chi connectivity index (χ0) is 16.2. The molecule has 23 heavy (non-hydrogen) atoms. The molecule has 1 atom stereocenters. The molecule has 1 aromatic carbocycles. The Morgan fingerprint density at radius 3 is 2.70 bits per heavy atom. The lowest BCUT2D eigenvalue weighted by Gasteiger charge is -2.16. The molecule has 0 N–H and O–H groups in total. The van der Waals surface area contributed by atoms with E-state index in [2.05, 4.69) is 17.1 Å². The molecule has 120 valence electrons. The minimum atomic E-state index is 0.0923. The van der Waals surface area contributed by atoms with Crippen LogP contribution in [0.5, 0.6) is 5.75 Å². The Morgan fingerprint density at radius 1 is 1.26 bits per heavy atom. The quantitative estimate of drug-likeness (QED) is 0.871. The predicted molar refractivity (Wildman–Crippen MR) is 89.7 cm³/mol. The van der Waals surface area contributed by atoms with Crippen LogP contribution in [0.15, 0.2) is 42.6 Å². The van der Waals surface area contributed by atoms with Gasteiger partial charge in [-0.15, -0.1) is 0 Å². The fraction of sp³-hybridized carbons (Fsp3) is 0.368. The molecular weight excluding hydrogens is 288 g/mol. The number of aromatic nitrogens is 1. The molecule has 1 aromatic heterocycles. The van der Waals surface area contributed by atoms with Gasteiger partial charge in [-0.05, 0) is 55.5 Å². The molecule has 2 heterocycles. The second-order valence-electron chi connectivity index (χ2n) is 6.15. The van der Waals surface area contributed by atoms with E-state index in [4.69, 9.17) is 4.74 Å². The maximum Gasteiger partial charge on any atom is 0.255 e. The fourth-order valence-electron chi connectivity index (χ4n) is 3.06. The number of carbonyl (C=O) groups excluding carboxylic acids is 1. The van der Waals surface area contributed by atoms with E-state index in [1.807, 2.05) is 36.1 Å². The monoisotopic (exact) mass is 310 g/mol. The number of ether oxygens (including phenoxy) is 1. The first kappa shape index (κ1) is 15.5. The van der Waals surface area contributed by atoms with E-state index >= 15 is 0 Å². The molecule has 0 aliphatic carbocycles. The Balaban J connectivity index is 1.59. The van der Waals surface area contributed by atoms with Gasteiger partial charge in [-0.2, -0.15) is 0 Å². The van der Waals surface area contributed by atoms with Crippen molar-refractivity contribution in [3.8, 4) is 5.75 Å². The molecule has 1 saturated heterocycles. The number of methoxy groups -OCH3 is 1. The Hall–Kier alpha value is -2.36. The second-order valence-corrected chi connectivity index (χ2v) is 6.15. The Kier molecular flexibility index (Phi) is 4.60. The molecule has 1 unspecified atom stereocenters. The SMILES string of the molecule is COc1ccc(CC2CCN(C(=O)c3ccc(C)nc3)C2)cc1. The number of hydrogen-bond donors (Lipinski definition) is 0. The van der Waals surface area contributed by atoms with Crippen LogP contribution in [0.2, 0.25) is 0 Å². The summed E-state index contributed by atoms with van der Waals surface area (Å²) < 4.78 is 5.19.